The molecule has 0 radical (unpaired) electrons. The second-order valence-corrected chi connectivity index (χ2v) is 6.73. The molecule has 0 aliphatic heterocycles. The quantitative estimate of drug-likeness (QED) is 0.599. The van der Waals surface area contributed by atoms with Gasteiger partial charge in [0.05, 0.1) is 17.6 Å². The summed E-state index contributed by atoms with van der Waals surface area (Å²) in [6.07, 6.45) is 1.66. The van der Waals surface area contributed by atoms with Crippen LogP contribution < -0.4 is 5.32 Å². The molecule has 4 aromatic rings. The first-order valence-electron chi connectivity index (χ1n) is 8.81. The maximum absolute atomic E-state index is 12.6. The molecule has 0 saturated heterocycles. The Kier molecular flexibility index (Phi) is 4.24. The molecule has 2 heterocycles. The Morgan fingerprint density at radius 1 is 1.15 bits per heavy atom. The van der Waals surface area contributed by atoms with Crippen LogP contribution in [-0.2, 0) is 13.6 Å². The maximum atomic E-state index is 12.6. The first-order chi connectivity index (χ1) is 13.0. The molecule has 6 nitrogen and oxygen atoms in total. The second-order valence-electron chi connectivity index (χ2n) is 6.73. The zero-order valence-electron chi connectivity index (χ0n) is 15.6. The smallest absolute Gasteiger partial charge is 0.321 e. The summed E-state index contributed by atoms with van der Waals surface area (Å²) in [5.41, 5.74) is 3.46. The highest BCUT2D eigenvalue weighted by Crippen LogP contribution is 2.21. The number of nitrogens with one attached hydrogen (secondary N) is 1. The lowest BCUT2D eigenvalue weighted by Gasteiger charge is -2.19. The monoisotopic (exact) mass is 359 g/mol. The number of fused-ring (bicyclic) bond motifs is 2. The lowest BCUT2D eigenvalue weighted by molar-refractivity contribution is 0.221. The van der Waals surface area contributed by atoms with E-state index in [4.69, 9.17) is 0 Å². The van der Waals surface area contributed by atoms with Gasteiger partial charge in [-0.25, -0.2) is 9.78 Å². The van der Waals surface area contributed by atoms with Crippen LogP contribution in [0.3, 0.4) is 0 Å². The highest BCUT2D eigenvalue weighted by atomic mass is 16.2. The van der Waals surface area contributed by atoms with Crippen LogP contribution in [0.25, 0.3) is 21.8 Å². The van der Waals surface area contributed by atoms with Gasteiger partial charge in [0, 0.05) is 26.0 Å². The number of hydrogen-bond donors (Lipinski definition) is 1. The summed E-state index contributed by atoms with van der Waals surface area (Å²) in [4.78, 5) is 18.7. The van der Waals surface area contributed by atoms with Crippen molar-refractivity contribution in [2.24, 2.45) is 7.05 Å². The Morgan fingerprint density at radius 2 is 1.93 bits per heavy atom. The summed E-state index contributed by atoms with van der Waals surface area (Å²) >= 11 is 0. The van der Waals surface area contributed by atoms with E-state index in [-0.39, 0.29) is 6.03 Å². The molecule has 2 amide bonds. The molecule has 27 heavy (non-hydrogen) atoms. The van der Waals surface area contributed by atoms with Gasteiger partial charge in [0.25, 0.3) is 0 Å². The molecule has 0 aliphatic rings. The van der Waals surface area contributed by atoms with Crippen molar-refractivity contribution in [3.05, 3.63) is 66.0 Å². The Morgan fingerprint density at radius 3 is 2.78 bits per heavy atom. The fraction of sp³-hybridized carbons (Fsp3) is 0.190. The van der Waals surface area contributed by atoms with E-state index in [1.807, 2.05) is 38.2 Å². The maximum Gasteiger partial charge on any atom is 0.321 e. The molecule has 0 bridgehead atoms. The Hall–Kier alpha value is -3.41. The molecule has 2 aromatic heterocycles. The molecule has 0 unspecified atom stereocenters. The molecule has 1 N–H and O–H groups in total. The minimum absolute atomic E-state index is 0.175. The number of carbonyl (C=O) groups excluding carboxylic acids is 1. The summed E-state index contributed by atoms with van der Waals surface area (Å²) in [5.74, 6) is 0. The zero-order chi connectivity index (χ0) is 19.0. The number of amides is 2. The van der Waals surface area contributed by atoms with Crippen molar-refractivity contribution in [3.8, 4) is 0 Å². The van der Waals surface area contributed by atoms with E-state index in [2.05, 4.69) is 39.7 Å². The Balaban J connectivity index is 1.53. The van der Waals surface area contributed by atoms with Gasteiger partial charge in [-0.2, -0.15) is 5.10 Å². The molecule has 6 heteroatoms. The Bertz CT molecular complexity index is 1140. The normalized spacial score (nSPS) is 11.1. The molecule has 0 fully saturated rings. The summed E-state index contributed by atoms with van der Waals surface area (Å²) < 4.78 is 1.74. The number of anilines is 1. The van der Waals surface area contributed by atoms with Gasteiger partial charge in [0.15, 0.2) is 5.65 Å². The predicted molar refractivity (Wildman–Crippen MR) is 108 cm³/mol. The van der Waals surface area contributed by atoms with Gasteiger partial charge >= 0.3 is 6.03 Å². The van der Waals surface area contributed by atoms with E-state index in [1.54, 1.807) is 22.8 Å². The van der Waals surface area contributed by atoms with Crippen LogP contribution in [-0.4, -0.2) is 32.7 Å². The second kappa shape index (κ2) is 6.72. The number of rotatable bonds is 3. The van der Waals surface area contributed by atoms with Crippen molar-refractivity contribution >= 4 is 33.5 Å². The average molecular weight is 359 g/mol. The average Bonchev–Trinajstić information content (AvgIpc) is 2.95. The van der Waals surface area contributed by atoms with Gasteiger partial charge < -0.3 is 10.2 Å². The van der Waals surface area contributed by atoms with E-state index < -0.39 is 0 Å². The van der Waals surface area contributed by atoms with Crippen molar-refractivity contribution < 1.29 is 4.79 Å². The molecular formula is C21H21N5O. The third kappa shape index (κ3) is 3.21. The van der Waals surface area contributed by atoms with Crippen molar-refractivity contribution in [1.29, 1.82) is 0 Å². The molecule has 136 valence electrons. The first kappa shape index (κ1) is 17.0. The largest absolute Gasteiger partial charge is 0.323 e. The summed E-state index contributed by atoms with van der Waals surface area (Å²) in [6.45, 7) is 2.46. The van der Waals surface area contributed by atoms with E-state index >= 15 is 0 Å². The number of benzene rings is 2. The van der Waals surface area contributed by atoms with Crippen molar-refractivity contribution in [2.45, 2.75) is 13.5 Å². The fourth-order valence-corrected chi connectivity index (χ4v) is 3.35. The minimum Gasteiger partial charge on any atom is -0.323 e. The molecule has 0 aliphatic carbocycles. The van der Waals surface area contributed by atoms with Gasteiger partial charge in [-0.3, -0.25) is 4.68 Å². The van der Waals surface area contributed by atoms with Crippen molar-refractivity contribution in [2.75, 3.05) is 12.4 Å². The summed E-state index contributed by atoms with van der Waals surface area (Å²) in [5, 5.41) is 10.6. The number of pyridine rings is 1. The lowest BCUT2D eigenvalue weighted by atomic mass is 10.0. The molecule has 0 atom stereocenters. The van der Waals surface area contributed by atoms with Crippen LogP contribution >= 0.6 is 0 Å². The molecule has 0 spiro atoms. The molecular weight excluding hydrogens is 338 g/mol. The number of carbonyl (C=O) groups is 1. The van der Waals surface area contributed by atoms with E-state index in [0.29, 0.717) is 12.2 Å². The van der Waals surface area contributed by atoms with Gasteiger partial charge in [-0.05, 0) is 29.3 Å². The highest BCUT2D eigenvalue weighted by Gasteiger charge is 2.13. The first-order valence-corrected chi connectivity index (χ1v) is 8.81. The van der Waals surface area contributed by atoms with E-state index in [9.17, 15) is 4.79 Å². The molecule has 2 aromatic carbocycles. The van der Waals surface area contributed by atoms with Gasteiger partial charge in [-0.1, -0.05) is 42.5 Å². The number of urea groups is 1. The van der Waals surface area contributed by atoms with Crippen LogP contribution in [0.4, 0.5) is 10.5 Å². The Labute approximate surface area is 157 Å². The van der Waals surface area contributed by atoms with Crippen LogP contribution in [0, 0.1) is 6.92 Å². The van der Waals surface area contributed by atoms with Crippen LogP contribution in [0.5, 0.6) is 0 Å². The van der Waals surface area contributed by atoms with Crippen molar-refractivity contribution in [3.63, 3.8) is 0 Å². The number of nitrogens with zero attached hydrogens (tertiary/aromatic N) is 4. The zero-order valence-corrected chi connectivity index (χ0v) is 15.6. The van der Waals surface area contributed by atoms with Crippen LogP contribution in [0.1, 0.15) is 11.3 Å². The van der Waals surface area contributed by atoms with E-state index in [0.717, 1.165) is 27.7 Å². The number of hydrogen-bond acceptors (Lipinski definition) is 3. The van der Waals surface area contributed by atoms with Crippen LogP contribution in [0.15, 0.2) is 54.7 Å². The molecule has 4 rings (SSSR count). The predicted octanol–water partition coefficient (Wildman–Crippen LogP) is 4.09. The highest BCUT2D eigenvalue weighted by molar-refractivity contribution is 5.92. The standard InChI is InChI=1S/C21H21N5O/c1-14-19-11-17(12-22-20(19)26(3)24-14)23-21(27)25(2)13-16-9-6-8-15-7-4-5-10-18(15)16/h4-12H,13H2,1-3H3,(H,23,27). The molecule has 0 saturated carbocycles. The van der Waals surface area contributed by atoms with Gasteiger partial charge in [-0.15, -0.1) is 0 Å². The van der Waals surface area contributed by atoms with E-state index in [1.165, 1.54) is 5.39 Å². The lowest BCUT2D eigenvalue weighted by Crippen LogP contribution is -2.30. The van der Waals surface area contributed by atoms with Gasteiger partial charge in [0.2, 0.25) is 0 Å². The third-order valence-electron chi connectivity index (χ3n) is 4.75. The van der Waals surface area contributed by atoms with Crippen LogP contribution in [0.2, 0.25) is 0 Å². The number of aryl methyl sites for hydroxylation is 2. The minimum atomic E-state index is -0.175. The number of aromatic nitrogens is 3. The van der Waals surface area contributed by atoms with Gasteiger partial charge in [0.1, 0.15) is 0 Å². The van der Waals surface area contributed by atoms with Crippen molar-refractivity contribution in [1.82, 2.24) is 19.7 Å². The third-order valence-corrected chi connectivity index (χ3v) is 4.75. The SMILES string of the molecule is Cc1nn(C)c2ncc(NC(=O)N(C)Cc3cccc4ccccc34)cc12. The topological polar surface area (TPSA) is 63.1 Å². The fourth-order valence-electron chi connectivity index (χ4n) is 3.35. The summed E-state index contributed by atoms with van der Waals surface area (Å²) in [6, 6.07) is 16.1. The summed E-state index contributed by atoms with van der Waals surface area (Å²) in [7, 11) is 3.65.